The second-order valence-corrected chi connectivity index (χ2v) is 7.57. The minimum absolute atomic E-state index is 0.00676. The molecule has 3 rings (SSSR count). The molecule has 3 aromatic carbocycles. The van der Waals surface area contributed by atoms with E-state index in [1.54, 1.807) is 12.1 Å². The van der Waals surface area contributed by atoms with Crippen molar-refractivity contribution in [3.8, 4) is 11.5 Å². The van der Waals surface area contributed by atoms with Crippen LogP contribution in [0.4, 0.5) is 0 Å². The summed E-state index contributed by atoms with van der Waals surface area (Å²) in [5.74, 6) is 0.165. The van der Waals surface area contributed by atoms with Crippen LogP contribution in [0, 0.1) is 0 Å². The fraction of sp³-hybridized carbons (Fsp3) is 0.136. The molecule has 0 saturated heterocycles. The predicted molar refractivity (Wildman–Crippen MR) is 107 cm³/mol. The molecule has 0 heterocycles. The smallest absolute Gasteiger partial charge is 0.339 e. The molecule has 3 aromatic rings. The molecule has 0 aromatic heterocycles. The van der Waals surface area contributed by atoms with Gasteiger partial charge in [0.15, 0.2) is 0 Å². The summed E-state index contributed by atoms with van der Waals surface area (Å²) >= 11 is 0. The maximum absolute atomic E-state index is 12.4. The van der Waals surface area contributed by atoms with Crippen LogP contribution in [0.5, 0.6) is 11.5 Å². The molecule has 29 heavy (non-hydrogen) atoms. The van der Waals surface area contributed by atoms with Crippen LogP contribution < -0.4 is 8.92 Å². The van der Waals surface area contributed by atoms with Crippen LogP contribution >= 0.6 is 0 Å². The SMILES string of the molecule is CCOc1ccc(S(=O)(=O)Oc2ccc(C(=O)OCc3ccccc3)cc2)cc1. The van der Waals surface area contributed by atoms with Crippen LogP contribution in [-0.4, -0.2) is 21.0 Å². The van der Waals surface area contributed by atoms with Crippen LogP contribution in [-0.2, 0) is 21.5 Å². The van der Waals surface area contributed by atoms with E-state index in [2.05, 4.69) is 0 Å². The molecule has 0 aliphatic rings. The number of rotatable bonds is 8. The maximum Gasteiger partial charge on any atom is 0.339 e. The highest BCUT2D eigenvalue weighted by Gasteiger charge is 2.17. The van der Waals surface area contributed by atoms with Gasteiger partial charge in [-0.1, -0.05) is 30.3 Å². The monoisotopic (exact) mass is 412 g/mol. The van der Waals surface area contributed by atoms with E-state index < -0.39 is 16.1 Å². The number of carbonyl (C=O) groups excluding carboxylic acids is 1. The van der Waals surface area contributed by atoms with E-state index in [0.29, 0.717) is 17.9 Å². The summed E-state index contributed by atoms with van der Waals surface area (Å²) in [5.41, 5.74) is 1.17. The molecule has 0 unspecified atom stereocenters. The Labute approximate surface area is 169 Å². The highest BCUT2D eigenvalue weighted by atomic mass is 32.2. The first-order chi connectivity index (χ1) is 14.0. The van der Waals surface area contributed by atoms with Crippen LogP contribution in [0.25, 0.3) is 0 Å². The van der Waals surface area contributed by atoms with Gasteiger partial charge in [0.25, 0.3) is 0 Å². The second-order valence-electron chi connectivity index (χ2n) is 6.03. The van der Waals surface area contributed by atoms with Crippen molar-refractivity contribution in [2.75, 3.05) is 6.61 Å². The first kappa shape index (κ1) is 20.4. The number of carbonyl (C=O) groups is 1. The standard InChI is InChI=1S/C22H20O6S/c1-2-26-19-12-14-21(15-13-19)29(24,25)28-20-10-8-18(9-11-20)22(23)27-16-17-6-4-3-5-7-17/h3-15H,2,16H2,1H3. The van der Waals surface area contributed by atoms with E-state index in [1.165, 1.54) is 36.4 Å². The molecule has 7 heteroatoms. The molecule has 0 aliphatic heterocycles. The lowest BCUT2D eigenvalue weighted by atomic mass is 10.2. The molecule has 0 saturated carbocycles. The minimum Gasteiger partial charge on any atom is -0.494 e. The van der Waals surface area contributed by atoms with Crippen LogP contribution in [0.1, 0.15) is 22.8 Å². The zero-order chi connectivity index (χ0) is 20.7. The van der Waals surface area contributed by atoms with Crippen LogP contribution in [0.2, 0.25) is 0 Å². The zero-order valence-electron chi connectivity index (χ0n) is 15.8. The van der Waals surface area contributed by atoms with Gasteiger partial charge in [-0.25, -0.2) is 4.79 Å². The van der Waals surface area contributed by atoms with Gasteiger partial charge in [-0.05, 0) is 61.0 Å². The summed E-state index contributed by atoms with van der Waals surface area (Å²) in [7, 11) is -4.00. The molecule has 0 amide bonds. The van der Waals surface area contributed by atoms with Gasteiger partial charge in [0, 0.05) is 0 Å². The fourth-order valence-electron chi connectivity index (χ4n) is 2.50. The van der Waals surface area contributed by atoms with Gasteiger partial charge in [0.1, 0.15) is 23.0 Å². The van der Waals surface area contributed by atoms with Gasteiger partial charge in [-0.2, -0.15) is 8.42 Å². The quantitative estimate of drug-likeness (QED) is 0.407. The lowest BCUT2D eigenvalue weighted by Gasteiger charge is -2.09. The first-order valence-electron chi connectivity index (χ1n) is 8.96. The van der Waals surface area contributed by atoms with Gasteiger partial charge in [0.05, 0.1) is 12.2 Å². The number of hydrogen-bond donors (Lipinski definition) is 0. The summed E-state index contributed by atoms with van der Waals surface area (Å²) in [6, 6.07) is 21.0. The van der Waals surface area contributed by atoms with Gasteiger partial charge in [-0.3, -0.25) is 0 Å². The van der Waals surface area contributed by atoms with Gasteiger partial charge >= 0.3 is 16.1 Å². The van der Waals surface area contributed by atoms with Crippen molar-refractivity contribution >= 4 is 16.1 Å². The Balaban J connectivity index is 1.62. The van der Waals surface area contributed by atoms with E-state index in [1.807, 2.05) is 37.3 Å². The lowest BCUT2D eigenvalue weighted by molar-refractivity contribution is 0.0472. The Kier molecular flexibility index (Phi) is 6.51. The number of esters is 1. The third-order valence-electron chi connectivity index (χ3n) is 3.93. The van der Waals surface area contributed by atoms with Crippen molar-refractivity contribution in [2.24, 2.45) is 0 Å². The molecule has 0 radical (unpaired) electrons. The highest BCUT2D eigenvalue weighted by Crippen LogP contribution is 2.22. The van der Waals surface area contributed by atoms with Crippen molar-refractivity contribution in [3.05, 3.63) is 90.0 Å². The third-order valence-corrected chi connectivity index (χ3v) is 5.19. The maximum atomic E-state index is 12.4. The summed E-state index contributed by atoms with van der Waals surface area (Å²) < 4.78 is 40.5. The van der Waals surface area contributed by atoms with E-state index in [-0.39, 0.29) is 17.3 Å². The van der Waals surface area contributed by atoms with E-state index in [4.69, 9.17) is 13.7 Å². The molecule has 150 valence electrons. The molecule has 6 nitrogen and oxygen atoms in total. The Morgan fingerprint density at radius 2 is 1.45 bits per heavy atom. The number of benzene rings is 3. The molecular weight excluding hydrogens is 392 g/mol. The summed E-state index contributed by atoms with van der Waals surface area (Å²) in [5, 5.41) is 0. The number of ether oxygens (including phenoxy) is 2. The summed E-state index contributed by atoms with van der Waals surface area (Å²) in [6.07, 6.45) is 0. The van der Waals surface area contributed by atoms with Gasteiger partial charge in [0.2, 0.25) is 0 Å². The van der Waals surface area contributed by atoms with E-state index in [0.717, 1.165) is 5.56 Å². The fourth-order valence-corrected chi connectivity index (χ4v) is 3.43. The first-order valence-corrected chi connectivity index (χ1v) is 10.4. The molecule has 0 bridgehead atoms. The van der Waals surface area contributed by atoms with Crippen molar-refractivity contribution < 1.29 is 26.9 Å². The third kappa shape index (κ3) is 5.58. The predicted octanol–water partition coefficient (Wildman–Crippen LogP) is 4.21. The largest absolute Gasteiger partial charge is 0.494 e. The van der Waals surface area contributed by atoms with Crippen LogP contribution in [0.15, 0.2) is 83.8 Å². The zero-order valence-corrected chi connectivity index (χ0v) is 16.6. The molecule has 0 spiro atoms. The summed E-state index contributed by atoms with van der Waals surface area (Å²) in [6.45, 7) is 2.49. The lowest BCUT2D eigenvalue weighted by Crippen LogP contribution is -2.10. The van der Waals surface area contributed by atoms with Crippen LogP contribution in [0.3, 0.4) is 0 Å². The molecule has 0 N–H and O–H groups in total. The van der Waals surface area contributed by atoms with Crippen molar-refractivity contribution in [1.29, 1.82) is 0 Å². The Bertz CT molecular complexity index is 1040. The highest BCUT2D eigenvalue weighted by molar-refractivity contribution is 7.87. The second kappa shape index (κ2) is 9.25. The average Bonchev–Trinajstić information content (AvgIpc) is 2.74. The number of hydrogen-bond acceptors (Lipinski definition) is 6. The van der Waals surface area contributed by atoms with E-state index >= 15 is 0 Å². The average molecular weight is 412 g/mol. The Morgan fingerprint density at radius 3 is 2.07 bits per heavy atom. The van der Waals surface area contributed by atoms with Crippen molar-refractivity contribution in [2.45, 2.75) is 18.4 Å². The topological polar surface area (TPSA) is 78.9 Å². The molecule has 0 aliphatic carbocycles. The van der Waals surface area contributed by atoms with E-state index in [9.17, 15) is 13.2 Å². The van der Waals surface area contributed by atoms with Crippen molar-refractivity contribution in [3.63, 3.8) is 0 Å². The molecule has 0 atom stereocenters. The summed E-state index contributed by atoms with van der Waals surface area (Å²) in [4.78, 5) is 12.1. The minimum atomic E-state index is -4.00. The Hall–Kier alpha value is -3.32. The van der Waals surface area contributed by atoms with Gasteiger partial charge in [-0.15, -0.1) is 0 Å². The Morgan fingerprint density at radius 1 is 0.828 bits per heavy atom. The van der Waals surface area contributed by atoms with Crippen molar-refractivity contribution in [1.82, 2.24) is 0 Å². The molecular formula is C22H20O6S. The normalized spacial score (nSPS) is 10.9. The molecule has 0 fully saturated rings. The van der Waals surface area contributed by atoms with Gasteiger partial charge < -0.3 is 13.7 Å².